The van der Waals surface area contributed by atoms with Crippen LogP contribution in [-0.2, 0) is 11.2 Å². The summed E-state index contributed by atoms with van der Waals surface area (Å²) in [6, 6.07) is 2.09. The van der Waals surface area contributed by atoms with E-state index in [4.69, 9.17) is 4.74 Å². The number of hydrogen-bond donors (Lipinski definition) is 1. The maximum Gasteiger partial charge on any atom is 0.193 e. The molecule has 1 aromatic heterocycles. The SMILES string of the molecule is CCOC1CCN(C(=NC)NCCc2ccncc2C)CC1. The summed E-state index contributed by atoms with van der Waals surface area (Å²) in [7, 11) is 1.86. The Morgan fingerprint density at radius 1 is 1.45 bits per heavy atom. The molecule has 1 fully saturated rings. The van der Waals surface area contributed by atoms with E-state index in [0.29, 0.717) is 6.10 Å². The first-order chi connectivity index (χ1) is 10.7. The van der Waals surface area contributed by atoms with Gasteiger partial charge in [-0.15, -0.1) is 0 Å². The van der Waals surface area contributed by atoms with Gasteiger partial charge in [-0.1, -0.05) is 0 Å². The van der Waals surface area contributed by atoms with Crippen molar-refractivity contribution in [2.75, 3.05) is 33.3 Å². The lowest BCUT2D eigenvalue weighted by Gasteiger charge is -2.34. The molecular weight excluding hydrogens is 276 g/mol. The number of aliphatic imine (C=N–C) groups is 1. The van der Waals surface area contributed by atoms with Crippen LogP contribution in [0.3, 0.4) is 0 Å². The van der Waals surface area contributed by atoms with Gasteiger partial charge >= 0.3 is 0 Å². The lowest BCUT2D eigenvalue weighted by atomic mass is 10.1. The standard InChI is InChI=1S/C17H28N4O/c1-4-22-16-7-11-21(12-8-16)17(18-3)20-10-6-15-5-9-19-13-14(15)2/h5,9,13,16H,4,6-8,10-12H2,1-3H3,(H,18,20). The van der Waals surface area contributed by atoms with E-state index in [1.165, 1.54) is 11.1 Å². The fourth-order valence-corrected chi connectivity index (χ4v) is 2.89. The number of rotatable bonds is 5. The van der Waals surface area contributed by atoms with Crippen LogP contribution in [0.1, 0.15) is 30.9 Å². The van der Waals surface area contributed by atoms with Crippen LogP contribution in [0.2, 0.25) is 0 Å². The Labute approximate surface area is 133 Å². The van der Waals surface area contributed by atoms with Crippen molar-refractivity contribution >= 4 is 5.96 Å². The van der Waals surface area contributed by atoms with Crippen LogP contribution in [0.4, 0.5) is 0 Å². The zero-order valence-electron chi connectivity index (χ0n) is 14.0. The van der Waals surface area contributed by atoms with E-state index in [0.717, 1.165) is 51.5 Å². The van der Waals surface area contributed by atoms with Crippen molar-refractivity contribution in [3.63, 3.8) is 0 Å². The number of likely N-dealkylation sites (tertiary alicyclic amines) is 1. The van der Waals surface area contributed by atoms with Crippen LogP contribution in [0.5, 0.6) is 0 Å². The molecule has 0 saturated carbocycles. The number of aryl methyl sites for hydroxylation is 1. The highest BCUT2D eigenvalue weighted by Crippen LogP contribution is 2.13. The van der Waals surface area contributed by atoms with E-state index < -0.39 is 0 Å². The minimum Gasteiger partial charge on any atom is -0.378 e. The quantitative estimate of drug-likeness (QED) is 0.668. The minimum absolute atomic E-state index is 0.416. The van der Waals surface area contributed by atoms with E-state index in [-0.39, 0.29) is 0 Å². The molecule has 0 atom stereocenters. The normalized spacial score (nSPS) is 16.9. The van der Waals surface area contributed by atoms with Crippen molar-refractivity contribution in [3.05, 3.63) is 29.6 Å². The van der Waals surface area contributed by atoms with Crippen LogP contribution in [0, 0.1) is 6.92 Å². The average Bonchev–Trinajstić information content (AvgIpc) is 2.54. The number of hydrogen-bond acceptors (Lipinski definition) is 3. The zero-order valence-corrected chi connectivity index (χ0v) is 14.0. The van der Waals surface area contributed by atoms with Crippen LogP contribution in [-0.4, -0.2) is 55.2 Å². The number of pyridine rings is 1. The highest BCUT2D eigenvalue weighted by Gasteiger charge is 2.21. The molecule has 0 aromatic carbocycles. The third-order valence-electron chi connectivity index (χ3n) is 4.17. The second-order valence-corrected chi connectivity index (χ2v) is 5.67. The number of guanidine groups is 1. The summed E-state index contributed by atoms with van der Waals surface area (Å²) in [5, 5.41) is 3.48. The van der Waals surface area contributed by atoms with E-state index in [2.05, 4.69) is 40.1 Å². The van der Waals surface area contributed by atoms with E-state index in [1.54, 1.807) is 0 Å². The summed E-state index contributed by atoms with van der Waals surface area (Å²) in [4.78, 5) is 10.9. The summed E-state index contributed by atoms with van der Waals surface area (Å²) in [5.41, 5.74) is 2.59. The molecule has 2 rings (SSSR count). The number of ether oxygens (including phenoxy) is 1. The number of piperidine rings is 1. The van der Waals surface area contributed by atoms with E-state index >= 15 is 0 Å². The Morgan fingerprint density at radius 3 is 2.86 bits per heavy atom. The summed E-state index contributed by atoms with van der Waals surface area (Å²) in [6.45, 7) is 7.90. The van der Waals surface area contributed by atoms with Gasteiger partial charge < -0.3 is 15.0 Å². The number of nitrogens with one attached hydrogen (secondary N) is 1. The number of nitrogens with zero attached hydrogens (tertiary/aromatic N) is 3. The van der Waals surface area contributed by atoms with Crippen molar-refractivity contribution in [2.45, 2.75) is 39.2 Å². The van der Waals surface area contributed by atoms with Crippen molar-refractivity contribution in [1.82, 2.24) is 15.2 Å². The molecule has 1 saturated heterocycles. The Bertz CT molecular complexity index is 481. The topological polar surface area (TPSA) is 49.8 Å². The van der Waals surface area contributed by atoms with Gasteiger partial charge in [0.2, 0.25) is 0 Å². The van der Waals surface area contributed by atoms with Crippen molar-refractivity contribution in [3.8, 4) is 0 Å². The van der Waals surface area contributed by atoms with Gasteiger partial charge in [0.1, 0.15) is 0 Å². The molecule has 0 bridgehead atoms. The predicted octanol–water partition coefficient (Wildman–Crippen LogP) is 2.01. The van der Waals surface area contributed by atoms with Crippen LogP contribution < -0.4 is 5.32 Å². The van der Waals surface area contributed by atoms with Gasteiger partial charge in [0, 0.05) is 45.7 Å². The predicted molar refractivity (Wildman–Crippen MR) is 90.3 cm³/mol. The Kier molecular flexibility index (Phi) is 6.65. The smallest absolute Gasteiger partial charge is 0.193 e. The van der Waals surface area contributed by atoms with Crippen LogP contribution in [0.25, 0.3) is 0 Å². The highest BCUT2D eigenvalue weighted by atomic mass is 16.5. The maximum absolute atomic E-state index is 5.70. The van der Waals surface area contributed by atoms with Gasteiger partial charge in [0.05, 0.1) is 6.10 Å². The molecule has 0 spiro atoms. The van der Waals surface area contributed by atoms with Crippen LogP contribution in [0.15, 0.2) is 23.5 Å². The van der Waals surface area contributed by atoms with Gasteiger partial charge in [-0.25, -0.2) is 0 Å². The third kappa shape index (κ3) is 4.70. The van der Waals surface area contributed by atoms with E-state index in [1.807, 2.05) is 19.4 Å². The Morgan fingerprint density at radius 2 is 2.23 bits per heavy atom. The molecule has 0 aliphatic carbocycles. The first kappa shape index (κ1) is 16.7. The third-order valence-corrected chi connectivity index (χ3v) is 4.17. The van der Waals surface area contributed by atoms with Crippen molar-refractivity contribution in [2.24, 2.45) is 4.99 Å². The average molecular weight is 304 g/mol. The summed E-state index contributed by atoms with van der Waals surface area (Å²) < 4.78 is 5.70. The molecule has 0 radical (unpaired) electrons. The maximum atomic E-state index is 5.70. The molecule has 1 N–H and O–H groups in total. The molecule has 2 heterocycles. The molecule has 1 aromatic rings. The first-order valence-corrected chi connectivity index (χ1v) is 8.21. The van der Waals surface area contributed by atoms with Crippen LogP contribution >= 0.6 is 0 Å². The molecule has 1 aliphatic rings. The second-order valence-electron chi connectivity index (χ2n) is 5.67. The zero-order chi connectivity index (χ0) is 15.8. The molecule has 122 valence electrons. The van der Waals surface area contributed by atoms with E-state index in [9.17, 15) is 0 Å². The number of aromatic nitrogens is 1. The van der Waals surface area contributed by atoms with Gasteiger partial charge in [-0.2, -0.15) is 0 Å². The van der Waals surface area contributed by atoms with Gasteiger partial charge in [-0.05, 0) is 50.3 Å². The molecule has 5 nitrogen and oxygen atoms in total. The molecular formula is C17H28N4O. The monoisotopic (exact) mass is 304 g/mol. The second kappa shape index (κ2) is 8.73. The molecule has 22 heavy (non-hydrogen) atoms. The minimum atomic E-state index is 0.416. The lowest BCUT2D eigenvalue weighted by Crippen LogP contribution is -2.47. The van der Waals surface area contributed by atoms with Gasteiger partial charge in [0.25, 0.3) is 0 Å². The summed E-state index contributed by atoms with van der Waals surface area (Å²) in [5.74, 6) is 1.00. The Balaban J connectivity index is 1.77. The van der Waals surface area contributed by atoms with Crippen molar-refractivity contribution in [1.29, 1.82) is 0 Å². The largest absolute Gasteiger partial charge is 0.378 e. The molecule has 0 unspecified atom stereocenters. The summed E-state index contributed by atoms with van der Waals surface area (Å²) >= 11 is 0. The fraction of sp³-hybridized carbons (Fsp3) is 0.647. The fourth-order valence-electron chi connectivity index (χ4n) is 2.89. The first-order valence-electron chi connectivity index (χ1n) is 8.21. The highest BCUT2D eigenvalue weighted by molar-refractivity contribution is 5.79. The molecule has 5 heteroatoms. The lowest BCUT2D eigenvalue weighted by molar-refractivity contribution is 0.0264. The summed E-state index contributed by atoms with van der Waals surface area (Å²) in [6.07, 6.45) is 7.34. The van der Waals surface area contributed by atoms with Crippen molar-refractivity contribution < 1.29 is 4.74 Å². The molecule has 0 amide bonds. The van der Waals surface area contributed by atoms with Gasteiger partial charge in [-0.3, -0.25) is 9.98 Å². The Hall–Kier alpha value is -1.62. The molecule has 1 aliphatic heterocycles. The van der Waals surface area contributed by atoms with Gasteiger partial charge in [0.15, 0.2) is 5.96 Å².